The van der Waals surface area contributed by atoms with Crippen molar-refractivity contribution in [1.29, 1.82) is 0 Å². The number of nitrogens with zero attached hydrogens (tertiary/aromatic N) is 3. The van der Waals surface area contributed by atoms with Gasteiger partial charge in [0.15, 0.2) is 6.04 Å². The van der Waals surface area contributed by atoms with Crippen LogP contribution in [0, 0.1) is 0 Å². The summed E-state index contributed by atoms with van der Waals surface area (Å²) in [4.78, 5) is 38.2. The van der Waals surface area contributed by atoms with E-state index >= 15 is 0 Å². The molecule has 1 rings (SSSR count). The van der Waals surface area contributed by atoms with Crippen LogP contribution in [0.1, 0.15) is 41.5 Å². The van der Waals surface area contributed by atoms with E-state index in [2.05, 4.69) is 5.10 Å². The maximum absolute atomic E-state index is 12.6. The molecule has 26 heavy (non-hydrogen) atoms. The first-order chi connectivity index (χ1) is 11.8. The van der Waals surface area contributed by atoms with Gasteiger partial charge in [0, 0.05) is 12.4 Å². The van der Waals surface area contributed by atoms with Crippen LogP contribution in [-0.4, -0.2) is 57.2 Å². The Kier molecular flexibility index (Phi) is 6.77. The van der Waals surface area contributed by atoms with Gasteiger partial charge in [0.25, 0.3) is 0 Å². The maximum Gasteiger partial charge on any atom is 0.420 e. The van der Waals surface area contributed by atoms with E-state index in [4.69, 9.17) is 14.2 Å². The van der Waals surface area contributed by atoms with E-state index in [1.54, 1.807) is 53.8 Å². The summed E-state index contributed by atoms with van der Waals surface area (Å²) in [5.41, 5.74) is -1.74. The molecule has 0 radical (unpaired) electrons. The Labute approximate surface area is 153 Å². The number of carbonyl (C=O) groups excluding carboxylic acids is 3. The summed E-state index contributed by atoms with van der Waals surface area (Å²) >= 11 is 0. The van der Waals surface area contributed by atoms with E-state index in [1.165, 1.54) is 18.0 Å². The number of ether oxygens (including phenoxy) is 3. The summed E-state index contributed by atoms with van der Waals surface area (Å²) in [5.74, 6) is -0.794. The monoisotopic (exact) mass is 369 g/mol. The molecule has 0 bridgehead atoms. The van der Waals surface area contributed by atoms with E-state index in [0.717, 1.165) is 0 Å². The molecule has 146 valence electrons. The summed E-state index contributed by atoms with van der Waals surface area (Å²) in [6.45, 7) is 9.81. The highest BCUT2D eigenvalue weighted by atomic mass is 16.6. The number of methoxy groups -OCH3 is 1. The van der Waals surface area contributed by atoms with Crippen molar-refractivity contribution in [3.05, 3.63) is 18.5 Å². The summed E-state index contributed by atoms with van der Waals surface area (Å²) in [7, 11) is 1.17. The van der Waals surface area contributed by atoms with Crippen molar-refractivity contribution in [2.75, 3.05) is 7.11 Å². The predicted octanol–water partition coefficient (Wildman–Crippen LogP) is 2.60. The van der Waals surface area contributed by atoms with Crippen molar-refractivity contribution in [2.24, 2.45) is 0 Å². The van der Waals surface area contributed by atoms with Gasteiger partial charge in [-0.1, -0.05) is 0 Å². The summed E-state index contributed by atoms with van der Waals surface area (Å²) in [5, 5.41) is 4.00. The van der Waals surface area contributed by atoms with Gasteiger partial charge in [-0.05, 0) is 47.6 Å². The fraction of sp³-hybridized carbons (Fsp3) is 0.647. The van der Waals surface area contributed by atoms with Crippen molar-refractivity contribution >= 4 is 18.2 Å². The first-order valence-electron chi connectivity index (χ1n) is 8.14. The molecule has 2 amide bonds. The molecular formula is C17H27N3O6. The molecule has 1 aromatic rings. The molecule has 0 aliphatic rings. The summed E-state index contributed by atoms with van der Waals surface area (Å²) in [6, 6.07) is 0.351. The van der Waals surface area contributed by atoms with Gasteiger partial charge in [-0.2, -0.15) is 10.00 Å². The van der Waals surface area contributed by atoms with Gasteiger partial charge in [-0.15, -0.1) is 0 Å². The summed E-state index contributed by atoms with van der Waals surface area (Å²) in [6.07, 6.45) is 1.10. The lowest BCUT2D eigenvalue weighted by atomic mass is 10.2. The van der Waals surface area contributed by atoms with Crippen LogP contribution >= 0.6 is 0 Å². The molecule has 0 aliphatic heterocycles. The second kappa shape index (κ2) is 8.20. The highest BCUT2D eigenvalue weighted by molar-refractivity contribution is 5.94. The van der Waals surface area contributed by atoms with Gasteiger partial charge in [-0.25, -0.2) is 14.4 Å². The standard InChI is InChI=1S/C17H27N3O6/c1-16(2,3)25-14(22)20(15(23)26-17(4,5)6)12(13(21)24-7)11-19-10-8-9-18-19/h8-10,12H,11H2,1-7H3/t12-/m0/s1. The molecule has 1 heterocycles. The lowest BCUT2D eigenvalue weighted by molar-refractivity contribution is -0.147. The number of amides is 2. The van der Waals surface area contributed by atoms with Gasteiger partial charge >= 0.3 is 18.2 Å². The average Bonchev–Trinajstić information content (AvgIpc) is 2.94. The molecule has 0 saturated heterocycles. The van der Waals surface area contributed by atoms with Crippen LogP contribution in [0.4, 0.5) is 9.59 Å². The topological polar surface area (TPSA) is 100.0 Å². The third-order valence-electron chi connectivity index (χ3n) is 2.88. The molecule has 0 spiro atoms. The van der Waals surface area contributed by atoms with Gasteiger partial charge in [0.1, 0.15) is 11.2 Å². The molecule has 9 nitrogen and oxygen atoms in total. The molecule has 1 atom stereocenters. The molecule has 0 aromatic carbocycles. The third kappa shape index (κ3) is 6.73. The first-order valence-corrected chi connectivity index (χ1v) is 8.14. The van der Waals surface area contributed by atoms with Crippen molar-refractivity contribution < 1.29 is 28.6 Å². The molecule has 9 heteroatoms. The number of aromatic nitrogens is 2. The lowest BCUT2D eigenvalue weighted by Gasteiger charge is -2.32. The van der Waals surface area contributed by atoms with E-state index in [9.17, 15) is 14.4 Å². The van der Waals surface area contributed by atoms with Gasteiger partial charge in [0.05, 0.1) is 13.7 Å². The van der Waals surface area contributed by atoms with Crippen LogP contribution < -0.4 is 0 Å². The van der Waals surface area contributed by atoms with Crippen molar-refractivity contribution in [2.45, 2.75) is 65.3 Å². The SMILES string of the molecule is COC(=O)[C@H](Cn1cccn1)N(C(=O)OC(C)(C)C)C(=O)OC(C)(C)C. The highest BCUT2D eigenvalue weighted by Gasteiger charge is 2.41. The Balaban J connectivity index is 3.24. The number of carbonyl (C=O) groups is 3. The van der Waals surface area contributed by atoms with E-state index in [-0.39, 0.29) is 6.54 Å². The zero-order chi connectivity index (χ0) is 20.1. The number of imide groups is 1. The van der Waals surface area contributed by atoms with Crippen LogP contribution in [-0.2, 0) is 25.5 Å². The van der Waals surface area contributed by atoms with E-state index in [0.29, 0.717) is 4.90 Å². The zero-order valence-electron chi connectivity index (χ0n) is 16.3. The van der Waals surface area contributed by atoms with Crippen LogP contribution in [0.5, 0.6) is 0 Å². The minimum absolute atomic E-state index is 0.0990. The number of hydrogen-bond donors (Lipinski definition) is 0. The second-order valence-electron chi connectivity index (χ2n) is 7.60. The minimum atomic E-state index is -1.30. The van der Waals surface area contributed by atoms with Crippen LogP contribution in [0.15, 0.2) is 18.5 Å². The Hall–Kier alpha value is -2.58. The van der Waals surface area contributed by atoms with E-state index < -0.39 is 35.4 Å². The molecule has 0 saturated carbocycles. The Morgan fingerprint density at radius 1 is 1.04 bits per heavy atom. The van der Waals surface area contributed by atoms with Crippen molar-refractivity contribution in [3.8, 4) is 0 Å². The molecule has 1 aromatic heterocycles. The fourth-order valence-electron chi connectivity index (χ4n) is 1.93. The predicted molar refractivity (Wildman–Crippen MR) is 92.3 cm³/mol. The van der Waals surface area contributed by atoms with Crippen LogP contribution in [0.3, 0.4) is 0 Å². The Morgan fingerprint density at radius 2 is 1.54 bits per heavy atom. The van der Waals surface area contributed by atoms with Crippen LogP contribution in [0.25, 0.3) is 0 Å². The number of hydrogen-bond acceptors (Lipinski definition) is 7. The van der Waals surface area contributed by atoms with Crippen LogP contribution in [0.2, 0.25) is 0 Å². The largest absolute Gasteiger partial charge is 0.467 e. The van der Waals surface area contributed by atoms with E-state index in [1.807, 2.05) is 0 Å². The zero-order valence-corrected chi connectivity index (χ0v) is 16.3. The molecular weight excluding hydrogens is 342 g/mol. The molecule has 0 N–H and O–H groups in total. The third-order valence-corrected chi connectivity index (χ3v) is 2.88. The lowest BCUT2D eigenvalue weighted by Crippen LogP contribution is -2.53. The smallest absolute Gasteiger partial charge is 0.420 e. The number of rotatable bonds is 4. The van der Waals surface area contributed by atoms with Gasteiger partial charge in [-0.3, -0.25) is 4.68 Å². The summed E-state index contributed by atoms with van der Waals surface area (Å²) < 4.78 is 16.7. The number of esters is 1. The minimum Gasteiger partial charge on any atom is -0.467 e. The van der Waals surface area contributed by atoms with Gasteiger partial charge in [0.2, 0.25) is 0 Å². The highest BCUT2D eigenvalue weighted by Crippen LogP contribution is 2.18. The molecule has 0 unspecified atom stereocenters. The average molecular weight is 369 g/mol. The Bertz CT molecular complexity index is 600. The maximum atomic E-state index is 12.6. The normalized spacial score (nSPS) is 12.9. The quantitative estimate of drug-likeness (QED) is 0.594. The molecule has 0 aliphatic carbocycles. The fourth-order valence-corrected chi connectivity index (χ4v) is 1.93. The molecule has 0 fully saturated rings. The van der Waals surface area contributed by atoms with Gasteiger partial charge < -0.3 is 14.2 Å². The Morgan fingerprint density at radius 3 is 1.88 bits per heavy atom. The van der Waals surface area contributed by atoms with Crippen molar-refractivity contribution in [3.63, 3.8) is 0 Å². The first kappa shape index (κ1) is 21.5. The van der Waals surface area contributed by atoms with Crippen molar-refractivity contribution in [1.82, 2.24) is 14.7 Å². The second-order valence-corrected chi connectivity index (χ2v) is 7.60.